The summed E-state index contributed by atoms with van der Waals surface area (Å²) >= 11 is 0. The van der Waals surface area contributed by atoms with Crippen molar-refractivity contribution in [3.05, 3.63) is 29.6 Å². The molecule has 1 aliphatic rings. The summed E-state index contributed by atoms with van der Waals surface area (Å²) in [5.41, 5.74) is 2.20. The molecule has 0 aromatic carbocycles. The van der Waals surface area contributed by atoms with Gasteiger partial charge in [0.2, 0.25) is 0 Å². The van der Waals surface area contributed by atoms with E-state index in [1.165, 1.54) is 5.56 Å². The number of pyridine rings is 1. The van der Waals surface area contributed by atoms with E-state index in [0.29, 0.717) is 18.6 Å². The van der Waals surface area contributed by atoms with Gasteiger partial charge in [-0.3, -0.25) is 4.98 Å². The zero-order valence-corrected chi connectivity index (χ0v) is 11.9. The van der Waals surface area contributed by atoms with Crippen molar-refractivity contribution in [1.82, 2.24) is 10.3 Å². The molecule has 1 fully saturated rings. The Balaban J connectivity index is 1.69. The number of rotatable bonds is 7. The van der Waals surface area contributed by atoms with Crippen LogP contribution in [0.25, 0.3) is 0 Å². The van der Waals surface area contributed by atoms with Crippen LogP contribution in [0.15, 0.2) is 18.3 Å². The maximum absolute atomic E-state index is 5.68. The minimum atomic E-state index is 0.497. The van der Waals surface area contributed by atoms with Crippen molar-refractivity contribution in [3.63, 3.8) is 0 Å². The van der Waals surface area contributed by atoms with Gasteiger partial charge < -0.3 is 14.8 Å². The lowest BCUT2D eigenvalue weighted by Gasteiger charge is -2.10. The third-order valence-electron chi connectivity index (χ3n) is 3.23. The van der Waals surface area contributed by atoms with Gasteiger partial charge in [-0.2, -0.15) is 0 Å². The molecule has 2 heterocycles. The Bertz CT molecular complexity index is 359. The summed E-state index contributed by atoms with van der Waals surface area (Å²) in [7, 11) is 0. The number of aromatic nitrogens is 1. The Morgan fingerprint density at radius 2 is 2.37 bits per heavy atom. The van der Waals surface area contributed by atoms with Gasteiger partial charge in [0.1, 0.15) is 0 Å². The monoisotopic (exact) mass is 264 g/mol. The van der Waals surface area contributed by atoms with Gasteiger partial charge >= 0.3 is 0 Å². The van der Waals surface area contributed by atoms with Crippen molar-refractivity contribution in [2.24, 2.45) is 5.92 Å². The Morgan fingerprint density at radius 3 is 3.00 bits per heavy atom. The van der Waals surface area contributed by atoms with E-state index in [1.807, 2.05) is 12.3 Å². The van der Waals surface area contributed by atoms with E-state index < -0.39 is 0 Å². The van der Waals surface area contributed by atoms with E-state index in [0.717, 1.165) is 38.5 Å². The van der Waals surface area contributed by atoms with Crippen LogP contribution in [0.2, 0.25) is 0 Å². The molecule has 1 unspecified atom stereocenters. The van der Waals surface area contributed by atoms with Crippen LogP contribution in [-0.4, -0.2) is 30.8 Å². The largest absolute Gasteiger partial charge is 0.381 e. The highest BCUT2D eigenvalue weighted by Gasteiger charge is 2.15. The predicted molar refractivity (Wildman–Crippen MR) is 74.8 cm³/mol. The Hall–Kier alpha value is -0.970. The highest BCUT2D eigenvalue weighted by Crippen LogP contribution is 2.13. The zero-order valence-electron chi connectivity index (χ0n) is 11.9. The molecular formula is C15H24N2O2. The lowest BCUT2D eigenvalue weighted by molar-refractivity contribution is 0.0773. The fourth-order valence-electron chi connectivity index (χ4n) is 2.01. The second-order valence-corrected chi connectivity index (χ2v) is 5.44. The first-order valence-corrected chi connectivity index (χ1v) is 7.06. The molecule has 0 aliphatic carbocycles. The van der Waals surface area contributed by atoms with E-state index in [4.69, 9.17) is 9.47 Å². The smallest absolute Gasteiger partial charge is 0.0887 e. The molecular weight excluding hydrogens is 240 g/mol. The molecule has 0 radical (unpaired) electrons. The average Bonchev–Trinajstić information content (AvgIpc) is 2.91. The molecule has 19 heavy (non-hydrogen) atoms. The van der Waals surface area contributed by atoms with E-state index in [-0.39, 0.29) is 0 Å². The van der Waals surface area contributed by atoms with Crippen LogP contribution in [-0.2, 0) is 22.6 Å². The summed E-state index contributed by atoms with van der Waals surface area (Å²) in [6, 6.07) is 4.65. The van der Waals surface area contributed by atoms with Crippen molar-refractivity contribution < 1.29 is 9.47 Å². The molecule has 4 nitrogen and oxygen atoms in total. The van der Waals surface area contributed by atoms with Crippen molar-refractivity contribution in [3.8, 4) is 0 Å². The molecule has 1 atom stereocenters. The second kappa shape index (κ2) is 7.58. The van der Waals surface area contributed by atoms with Crippen LogP contribution >= 0.6 is 0 Å². The molecule has 2 rings (SSSR count). The van der Waals surface area contributed by atoms with E-state index in [9.17, 15) is 0 Å². The van der Waals surface area contributed by atoms with Crippen LogP contribution in [0.5, 0.6) is 0 Å². The normalized spacial score (nSPS) is 19.2. The molecule has 0 bridgehead atoms. The van der Waals surface area contributed by atoms with Crippen LogP contribution in [0.3, 0.4) is 0 Å². The van der Waals surface area contributed by atoms with Gasteiger partial charge in [-0.05, 0) is 18.1 Å². The number of ether oxygens (including phenoxy) is 2. The average molecular weight is 264 g/mol. The highest BCUT2D eigenvalue weighted by molar-refractivity contribution is 5.13. The third kappa shape index (κ3) is 5.27. The third-order valence-corrected chi connectivity index (χ3v) is 3.23. The molecule has 0 spiro atoms. The molecule has 1 N–H and O–H groups in total. The maximum Gasteiger partial charge on any atom is 0.0887 e. The van der Waals surface area contributed by atoms with Gasteiger partial charge in [0.05, 0.1) is 25.5 Å². The summed E-state index contributed by atoms with van der Waals surface area (Å²) in [6.45, 7) is 8.24. The predicted octanol–water partition coefficient (Wildman–Crippen LogP) is 2.13. The van der Waals surface area contributed by atoms with Gasteiger partial charge in [0, 0.05) is 31.3 Å². The van der Waals surface area contributed by atoms with Crippen LogP contribution in [0.1, 0.15) is 31.5 Å². The van der Waals surface area contributed by atoms with Crippen LogP contribution in [0.4, 0.5) is 0 Å². The molecule has 1 saturated heterocycles. The van der Waals surface area contributed by atoms with Gasteiger partial charge in [0.25, 0.3) is 0 Å². The SMILES string of the molecule is CC(C)NCc1ccc(COCC2CCOC2)nc1. The topological polar surface area (TPSA) is 43.4 Å². The molecule has 1 aliphatic heterocycles. The van der Waals surface area contributed by atoms with E-state index >= 15 is 0 Å². The summed E-state index contributed by atoms with van der Waals surface area (Å²) in [4.78, 5) is 4.42. The minimum Gasteiger partial charge on any atom is -0.381 e. The first kappa shape index (κ1) is 14.4. The number of nitrogens with zero attached hydrogens (tertiary/aromatic N) is 1. The van der Waals surface area contributed by atoms with Gasteiger partial charge in [-0.25, -0.2) is 0 Å². The van der Waals surface area contributed by atoms with E-state index in [1.54, 1.807) is 0 Å². The van der Waals surface area contributed by atoms with Crippen LogP contribution in [0, 0.1) is 5.92 Å². The van der Waals surface area contributed by atoms with Gasteiger partial charge in [0.15, 0.2) is 0 Å². The Morgan fingerprint density at radius 1 is 1.47 bits per heavy atom. The standard InChI is InChI=1S/C15H24N2O2/c1-12(2)16-7-13-3-4-15(17-8-13)11-19-10-14-5-6-18-9-14/h3-4,8,12,14,16H,5-7,9-11H2,1-2H3. The molecule has 0 saturated carbocycles. The zero-order chi connectivity index (χ0) is 13.5. The molecule has 0 amide bonds. The number of hydrogen-bond acceptors (Lipinski definition) is 4. The quantitative estimate of drug-likeness (QED) is 0.819. The van der Waals surface area contributed by atoms with Crippen molar-refractivity contribution in [2.45, 2.75) is 39.5 Å². The molecule has 1 aromatic heterocycles. The fraction of sp³-hybridized carbons (Fsp3) is 0.667. The van der Waals surface area contributed by atoms with Gasteiger partial charge in [-0.1, -0.05) is 19.9 Å². The summed E-state index contributed by atoms with van der Waals surface area (Å²) in [5, 5.41) is 3.38. The van der Waals surface area contributed by atoms with Crippen molar-refractivity contribution in [2.75, 3.05) is 19.8 Å². The lowest BCUT2D eigenvalue weighted by atomic mass is 10.1. The number of nitrogens with one attached hydrogen (secondary N) is 1. The second-order valence-electron chi connectivity index (χ2n) is 5.44. The maximum atomic E-state index is 5.68. The highest BCUT2D eigenvalue weighted by atomic mass is 16.5. The Kier molecular flexibility index (Phi) is 5.76. The first-order valence-electron chi connectivity index (χ1n) is 7.06. The Labute approximate surface area is 115 Å². The molecule has 1 aromatic rings. The summed E-state index contributed by atoms with van der Waals surface area (Å²) in [5.74, 6) is 0.564. The summed E-state index contributed by atoms with van der Waals surface area (Å²) < 4.78 is 11.0. The minimum absolute atomic E-state index is 0.497. The lowest BCUT2D eigenvalue weighted by Crippen LogP contribution is -2.21. The van der Waals surface area contributed by atoms with Crippen LogP contribution < -0.4 is 5.32 Å². The summed E-state index contributed by atoms with van der Waals surface area (Å²) in [6.07, 6.45) is 3.04. The molecule has 4 heteroatoms. The van der Waals surface area contributed by atoms with E-state index in [2.05, 4.69) is 30.2 Å². The first-order chi connectivity index (χ1) is 9.24. The van der Waals surface area contributed by atoms with Crippen molar-refractivity contribution in [1.29, 1.82) is 0 Å². The molecule has 106 valence electrons. The fourth-order valence-corrected chi connectivity index (χ4v) is 2.01. The van der Waals surface area contributed by atoms with Crippen molar-refractivity contribution >= 4 is 0 Å². The number of hydrogen-bond donors (Lipinski definition) is 1. The van der Waals surface area contributed by atoms with Gasteiger partial charge in [-0.15, -0.1) is 0 Å².